The molecule has 0 aliphatic rings. The standard InChI is InChI=1S/C17H16BrFO/c1-12-4-2-3-5-14(12)7-8-15(20)10-13-6-9-17(19)16(18)11-13/h2-6,9,11H,7-8,10H2,1H3. The second-order valence-corrected chi connectivity index (χ2v) is 5.74. The maximum atomic E-state index is 13.1. The monoisotopic (exact) mass is 334 g/mol. The number of carbonyl (C=O) groups is 1. The van der Waals surface area contributed by atoms with Crippen molar-refractivity contribution in [3.8, 4) is 0 Å². The van der Waals surface area contributed by atoms with Crippen molar-refractivity contribution < 1.29 is 9.18 Å². The third-order valence-electron chi connectivity index (χ3n) is 3.32. The molecule has 0 amide bonds. The molecule has 0 aliphatic carbocycles. The van der Waals surface area contributed by atoms with Crippen molar-refractivity contribution in [2.24, 2.45) is 0 Å². The topological polar surface area (TPSA) is 17.1 Å². The molecule has 0 heterocycles. The molecule has 0 aliphatic heterocycles. The lowest BCUT2D eigenvalue weighted by Crippen LogP contribution is -2.05. The van der Waals surface area contributed by atoms with Crippen LogP contribution in [0.1, 0.15) is 23.1 Å². The minimum Gasteiger partial charge on any atom is -0.299 e. The maximum Gasteiger partial charge on any atom is 0.137 e. The van der Waals surface area contributed by atoms with Crippen LogP contribution in [-0.4, -0.2) is 5.78 Å². The zero-order valence-corrected chi connectivity index (χ0v) is 12.9. The molecule has 0 spiro atoms. The Hall–Kier alpha value is -1.48. The minimum atomic E-state index is -0.305. The van der Waals surface area contributed by atoms with Gasteiger partial charge in [-0.15, -0.1) is 0 Å². The summed E-state index contributed by atoms with van der Waals surface area (Å²) >= 11 is 3.13. The molecular weight excluding hydrogens is 319 g/mol. The van der Waals surface area contributed by atoms with Crippen LogP contribution in [0.5, 0.6) is 0 Å². The second-order valence-electron chi connectivity index (χ2n) is 4.89. The maximum absolute atomic E-state index is 13.1. The minimum absolute atomic E-state index is 0.173. The molecule has 0 unspecified atom stereocenters. The first-order chi connectivity index (χ1) is 9.56. The van der Waals surface area contributed by atoms with Crippen LogP contribution in [0.2, 0.25) is 0 Å². The fraction of sp³-hybridized carbons (Fsp3) is 0.235. The van der Waals surface area contributed by atoms with Gasteiger partial charge in [0, 0.05) is 12.8 Å². The fourth-order valence-electron chi connectivity index (χ4n) is 2.13. The van der Waals surface area contributed by atoms with E-state index in [9.17, 15) is 9.18 Å². The third-order valence-corrected chi connectivity index (χ3v) is 3.93. The van der Waals surface area contributed by atoms with E-state index >= 15 is 0 Å². The molecule has 2 aromatic carbocycles. The zero-order chi connectivity index (χ0) is 14.5. The molecule has 1 nitrogen and oxygen atoms in total. The van der Waals surface area contributed by atoms with Gasteiger partial charge in [0.25, 0.3) is 0 Å². The quantitative estimate of drug-likeness (QED) is 0.778. The first-order valence-electron chi connectivity index (χ1n) is 6.56. The van der Waals surface area contributed by atoms with Crippen LogP contribution < -0.4 is 0 Å². The lowest BCUT2D eigenvalue weighted by molar-refractivity contribution is -0.118. The molecule has 2 aromatic rings. The van der Waals surface area contributed by atoms with Crippen molar-refractivity contribution in [3.63, 3.8) is 0 Å². The lowest BCUT2D eigenvalue weighted by atomic mass is 10.00. The van der Waals surface area contributed by atoms with Gasteiger partial charge in [-0.1, -0.05) is 30.3 Å². The van der Waals surface area contributed by atoms with Crippen LogP contribution in [0.3, 0.4) is 0 Å². The summed E-state index contributed by atoms with van der Waals surface area (Å²) in [5.74, 6) is -0.132. The molecule has 2 rings (SSSR count). The van der Waals surface area contributed by atoms with Gasteiger partial charge in [-0.3, -0.25) is 4.79 Å². The van der Waals surface area contributed by atoms with Crippen LogP contribution >= 0.6 is 15.9 Å². The summed E-state index contributed by atoms with van der Waals surface area (Å²) in [4.78, 5) is 12.0. The molecule has 0 atom stereocenters. The second kappa shape index (κ2) is 6.80. The molecule has 20 heavy (non-hydrogen) atoms. The van der Waals surface area contributed by atoms with Gasteiger partial charge in [0.1, 0.15) is 11.6 Å². The molecule has 0 saturated carbocycles. The first kappa shape index (κ1) is 14.9. The molecule has 0 radical (unpaired) electrons. The predicted molar refractivity (Wildman–Crippen MR) is 82.3 cm³/mol. The summed E-state index contributed by atoms with van der Waals surface area (Å²) in [5.41, 5.74) is 3.26. The molecule has 104 valence electrons. The Morgan fingerprint density at radius 3 is 2.65 bits per heavy atom. The van der Waals surface area contributed by atoms with Gasteiger partial charge in [0.05, 0.1) is 4.47 Å². The van der Waals surface area contributed by atoms with Crippen LogP contribution in [-0.2, 0) is 17.6 Å². The van der Waals surface area contributed by atoms with E-state index < -0.39 is 0 Å². The van der Waals surface area contributed by atoms with Crippen molar-refractivity contribution >= 4 is 21.7 Å². The number of hydrogen-bond donors (Lipinski definition) is 0. The average molecular weight is 335 g/mol. The molecule has 0 fully saturated rings. The van der Waals surface area contributed by atoms with Crippen molar-refractivity contribution in [2.45, 2.75) is 26.2 Å². The Balaban J connectivity index is 1.93. The van der Waals surface area contributed by atoms with Crippen molar-refractivity contribution in [1.29, 1.82) is 0 Å². The number of halogens is 2. The molecule has 3 heteroatoms. The largest absolute Gasteiger partial charge is 0.299 e. The first-order valence-corrected chi connectivity index (χ1v) is 7.35. The highest BCUT2D eigenvalue weighted by Crippen LogP contribution is 2.18. The van der Waals surface area contributed by atoms with Gasteiger partial charge < -0.3 is 0 Å². The summed E-state index contributed by atoms with van der Waals surface area (Å²) in [5, 5.41) is 0. The van der Waals surface area contributed by atoms with E-state index in [1.807, 2.05) is 12.1 Å². The molecule has 0 N–H and O–H groups in total. The number of aryl methyl sites for hydroxylation is 2. The van der Waals surface area contributed by atoms with Gasteiger partial charge >= 0.3 is 0 Å². The van der Waals surface area contributed by atoms with E-state index in [4.69, 9.17) is 0 Å². The highest BCUT2D eigenvalue weighted by atomic mass is 79.9. The number of carbonyl (C=O) groups excluding carboxylic acids is 1. The van der Waals surface area contributed by atoms with E-state index in [0.29, 0.717) is 17.3 Å². The summed E-state index contributed by atoms with van der Waals surface area (Å²) < 4.78 is 13.5. The summed E-state index contributed by atoms with van der Waals surface area (Å²) in [6, 6.07) is 12.8. The van der Waals surface area contributed by atoms with Gasteiger partial charge in [-0.2, -0.15) is 0 Å². The average Bonchev–Trinajstić information content (AvgIpc) is 2.42. The number of ketones is 1. The Labute approximate surface area is 127 Å². The van der Waals surface area contributed by atoms with Crippen molar-refractivity contribution in [2.75, 3.05) is 0 Å². The highest BCUT2D eigenvalue weighted by Gasteiger charge is 2.07. The number of benzene rings is 2. The van der Waals surface area contributed by atoms with E-state index in [1.165, 1.54) is 17.2 Å². The Kier molecular flexibility index (Phi) is 5.07. The van der Waals surface area contributed by atoms with E-state index in [-0.39, 0.29) is 11.6 Å². The van der Waals surface area contributed by atoms with Crippen LogP contribution in [0.15, 0.2) is 46.9 Å². The Bertz CT molecular complexity index is 622. The van der Waals surface area contributed by atoms with Crippen molar-refractivity contribution in [3.05, 3.63) is 69.4 Å². The van der Waals surface area contributed by atoms with Crippen LogP contribution in [0.4, 0.5) is 4.39 Å². The smallest absolute Gasteiger partial charge is 0.137 e. The van der Waals surface area contributed by atoms with Crippen molar-refractivity contribution in [1.82, 2.24) is 0 Å². The summed E-state index contributed by atoms with van der Waals surface area (Å²) in [6.45, 7) is 2.05. The summed E-state index contributed by atoms with van der Waals surface area (Å²) in [7, 11) is 0. The Morgan fingerprint density at radius 1 is 1.20 bits per heavy atom. The van der Waals surface area contributed by atoms with Crippen LogP contribution in [0, 0.1) is 12.7 Å². The number of rotatable bonds is 5. The normalized spacial score (nSPS) is 10.6. The summed E-state index contributed by atoms with van der Waals surface area (Å²) in [6.07, 6.45) is 1.62. The molecule has 0 saturated heterocycles. The third kappa shape index (κ3) is 4.01. The van der Waals surface area contributed by atoms with Gasteiger partial charge in [-0.25, -0.2) is 4.39 Å². The zero-order valence-electron chi connectivity index (χ0n) is 11.3. The lowest BCUT2D eigenvalue weighted by Gasteiger charge is -2.05. The van der Waals surface area contributed by atoms with Gasteiger partial charge in [-0.05, 0) is 58.1 Å². The highest BCUT2D eigenvalue weighted by molar-refractivity contribution is 9.10. The van der Waals surface area contributed by atoms with E-state index in [2.05, 4.69) is 35.0 Å². The predicted octanol–water partition coefficient (Wildman–Crippen LogP) is 4.64. The van der Waals surface area contributed by atoms with E-state index in [1.54, 1.807) is 12.1 Å². The molecule has 0 aromatic heterocycles. The number of Topliss-reactive ketones (excluding diaryl/α,β-unsaturated/α-hetero) is 1. The van der Waals surface area contributed by atoms with Gasteiger partial charge in [0.2, 0.25) is 0 Å². The van der Waals surface area contributed by atoms with E-state index in [0.717, 1.165) is 12.0 Å². The molecule has 0 bridgehead atoms. The Morgan fingerprint density at radius 2 is 1.95 bits per heavy atom. The van der Waals surface area contributed by atoms with Gasteiger partial charge in [0.15, 0.2) is 0 Å². The number of hydrogen-bond acceptors (Lipinski definition) is 1. The fourth-order valence-corrected chi connectivity index (χ4v) is 2.56. The van der Waals surface area contributed by atoms with Crippen LogP contribution in [0.25, 0.3) is 0 Å². The SMILES string of the molecule is Cc1ccccc1CCC(=O)Cc1ccc(F)c(Br)c1. The molecular formula is C17H16BrFO.